The molecule has 2 rings (SSSR count). The molecule has 1 aromatic rings. The van der Waals surface area contributed by atoms with E-state index in [1.54, 1.807) is 0 Å². The van der Waals surface area contributed by atoms with E-state index in [0.717, 1.165) is 19.6 Å². The van der Waals surface area contributed by atoms with Crippen LogP contribution in [0.2, 0.25) is 0 Å². The van der Waals surface area contributed by atoms with Gasteiger partial charge in [-0.2, -0.15) is 0 Å². The summed E-state index contributed by atoms with van der Waals surface area (Å²) < 4.78 is 0. The summed E-state index contributed by atoms with van der Waals surface area (Å²) in [6, 6.07) is 10.2. The molecule has 19 heavy (non-hydrogen) atoms. The number of carboxylic acids is 1. The fraction of sp³-hybridized carbons (Fsp3) is 0.533. The van der Waals surface area contributed by atoms with Crippen molar-refractivity contribution in [3.8, 4) is 0 Å². The zero-order valence-corrected chi connectivity index (χ0v) is 11.8. The molecule has 106 valence electrons. The standard InChI is InChI=1S/C13H18N2O2.C2H6/c14-13(12(16)17)6-8-15(9-7-13)10-11-4-2-1-3-5-11;1-2/h1-5H,6-10,14H2,(H,16,17);1-2H3. The highest BCUT2D eigenvalue weighted by molar-refractivity contribution is 5.78. The summed E-state index contributed by atoms with van der Waals surface area (Å²) in [6.45, 7) is 6.37. The summed E-state index contributed by atoms with van der Waals surface area (Å²) in [7, 11) is 0. The van der Waals surface area contributed by atoms with E-state index in [4.69, 9.17) is 10.8 Å². The maximum absolute atomic E-state index is 11.0. The lowest BCUT2D eigenvalue weighted by molar-refractivity contribution is -0.145. The van der Waals surface area contributed by atoms with E-state index in [1.807, 2.05) is 32.0 Å². The van der Waals surface area contributed by atoms with Crippen LogP contribution in [-0.4, -0.2) is 34.6 Å². The van der Waals surface area contributed by atoms with Gasteiger partial charge in [0, 0.05) is 19.6 Å². The quantitative estimate of drug-likeness (QED) is 0.877. The third-order valence-electron chi connectivity index (χ3n) is 3.42. The summed E-state index contributed by atoms with van der Waals surface area (Å²) >= 11 is 0. The molecule has 0 atom stereocenters. The summed E-state index contributed by atoms with van der Waals surface area (Å²) in [5.41, 5.74) is 6.07. The Kier molecular flexibility index (Phi) is 5.99. The average Bonchev–Trinajstić information content (AvgIpc) is 2.45. The molecule has 1 saturated heterocycles. The highest BCUT2D eigenvalue weighted by Gasteiger charge is 2.37. The van der Waals surface area contributed by atoms with E-state index in [-0.39, 0.29) is 0 Å². The van der Waals surface area contributed by atoms with Gasteiger partial charge in [-0.05, 0) is 18.4 Å². The number of rotatable bonds is 3. The smallest absolute Gasteiger partial charge is 0.323 e. The Morgan fingerprint density at radius 3 is 2.26 bits per heavy atom. The Bertz CT molecular complexity index is 384. The number of piperidine rings is 1. The average molecular weight is 264 g/mol. The lowest BCUT2D eigenvalue weighted by Crippen LogP contribution is -2.55. The molecule has 0 aliphatic carbocycles. The van der Waals surface area contributed by atoms with Gasteiger partial charge in [0.05, 0.1) is 0 Å². The van der Waals surface area contributed by atoms with Crippen LogP contribution in [0.1, 0.15) is 32.3 Å². The minimum atomic E-state index is -1.02. The number of carbonyl (C=O) groups is 1. The molecule has 0 radical (unpaired) electrons. The molecule has 4 nitrogen and oxygen atoms in total. The predicted octanol–water partition coefficient (Wildman–Crippen LogP) is 2.09. The molecule has 0 spiro atoms. The van der Waals surface area contributed by atoms with Gasteiger partial charge in [-0.15, -0.1) is 0 Å². The normalized spacial score (nSPS) is 18.3. The van der Waals surface area contributed by atoms with Gasteiger partial charge in [-0.3, -0.25) is 9.69 Å². The Labute approximate surface area is 115 Å². The first kappa shape index (κ1) is 15.7. The van der Waals surface area contributed by atoms with Crippen molar-refractivity contribution in [3.63, 3.8) is 0 Å². The molecule has 1 heterocycles. The molecule has 0 bridgehead atoms. The largest absolute Gasteiger partial charge is 0.480 e. The van der Waals surface area contributed by atoms with Crippen LogP contribution in [0.15, 0.2) is 30.3 Å². The van der Waals surface area contributed by atoms with Crippen LogP contribution in [0.5, 0.6) is 0 Å². The maximum atomic E-state index is 11.0. The van der Waals surface area contributed by atoms with Crippen LogP contribution in [0, 0.1) is 0 Å². The molecule has 4 heteroatoms. The second kappa shape index (κ2) is 7.26. The first-order chi connectivity index (χ1) is 9.10. The number of nitrogens with zero attached hydrogens (tertiary/aromatic N) is 1. The Morgan fingerprint density at radius 1 is 1.26 bits per heavy atom. The fourth-order valence-electron chi connectivity index (χ4n) is 2.17. The van der Waals surface area contributed by atoms with Crippen molar-refractivity contribution in [1.29, 1.82) is 0 Å². The van der Waals surface area contributed by atoms with Crippen LogP contribution in [-0.2, 0) is 11.3 Å². The lowest BCUT2D eigenvalue weighted by atomic mass is 9.88. The number of hydrogen-bond acceptors (Lipinski definition) is 3. The summed E-state index contributed by atoms with van der Waals surface area (Å²) in [6.07, 6.45) is 1.05. The molecule has 0 aromatic heterocycles. The van der Waals surface area contributed by atoms with E-state index in [1.165, 1.54) is 5.56 Å². The first-order valence-electron chi connectivity index (χ1n) is 6.89. The molecule has 1 aliphatic rings. The molecular formula is C15H24N2O2. The minimum Gasteiger partial charge on any atom is -0.480 e. The molecule has 0 unspecified atom stereocenters. The zero-order chi connectivity index (χ0) is 14.3. The van der Waals surface area contributed by atoms with Crippen molar-refractivity contribution in [3.05, 3.63) is 35.9 Å². The molecule has 0 saturated carbocycles. The Morgan fingerprint density at radius 2 is 1.79 bits per heavy atom. The topological polar surface area (TPSA) is 66.6 Å². The van der Waals surface area contributed by atoms with Crippen LogP contribution in [0.25, 0.3) is 0 Å². The van der Waals surface area contributed by atoms with Crippen molar-refractivity contribution in [2.45, 2.75) is 38.8 Å². The molecule has 0 amide bonds. The summed E-state index contributed by atoms with van der Waals surface area (Å²) in [5.74, 6) is -0.878. The van der Waals surface area contributed by atoms with E-state index < -0.39 is 11.5 Å². The molecular weight excluding hydrogens is 240 g/mol. The highest BCUT2D eigenvalue weighted by atomic mass is 16.4. The van der Waals surface area contributed by atoms with E-state index in [2.05, 4.69) is 17.0 Å². The van der Waals surface area contributed by atoms with Gasteiger partial charge >= 0.3 is 5.97 Å². The third-order valence-corrected chi connectivity index (χ3v) is 3.42. The number of benzene rings is 1. The van der Waals surface area contributed by atoms with Gasteiger partial charge in [0.1, 0.15) is 5.54 Å². The minimum absolute atomic E-state index is 0.523. The monoisotopic (exact) mass is 264 g/mol. The summed E-state index contributed by atoms with van der Waals surface area (Å²) in [4.78, 5) is 13.3. The number of carboxylic acid groups (broad SMARTS) is 1. The van der Waals surface area contributed by atoms with Gasteiger partial charge < -0.3 is 10.8 Å². The fourth-order valence-corrected chi connectivity index (χ4v) is 2.17. The number of likely N-dealkylation sites (tertiary alicyclic amines) is 1. The lowest BCUT2D eigenvalue weighted by Gasteiger charge is -2.36. The molecule has 1 aliphatic heterocycles. The second-order valence-corrected chi connectivity index (χ2v) is 4.72. The number of hydrogen-bond donors (Lipinski definition) is 2. The second-order valence-electron chi connectivity index (χ2n) is 4.72. The van der Waals surface area contributed by atoms with Crippen molar-refractivity contribution < 1.29 is 9.90 Å². The van der Waals surface area contributed by atoms with Crippen molar-refractivity contribution in [2.75, 3.05) is 13.1 Å². The molecule has 1 aromatic carbocycles. The SMILES string of the molecule is CC.NC1(C(=O)O)CCN(Cc2ccccc2)CC1. The van der Waals surface area contributed by atoms with Crippen molar-refractivity contribution >= 4 is 5.97 Å². The van der Waals surface area contributed by atoms with Crippen LogP contribution < -0.4 is 5.73 Å². The van der Waals surface area contributed by atoms with E-state index >= 15 is 0 Å². The van der Waals surface area contributed by atoms with Crippen LogP contribution in [0.4, 0.5) is 0 Å². The van der Waals surface area contributed by atoms with Crippen molar-refractivity contribution in [2.24, 2.45) is 5.73 Å². The third kappa shape index (κ3) is 4.33. The first-order valence-corrected chi connectivity index (χ1v) is 6.89. The predicted molar refractivity (Wildman–Crippen MR) is 76.9 cm³/mol. The highest BCUT2D eigenvalue weighted by Crippen LogP contribution is 2.21. The Balaban J connectivity index is 0.000000861. The van der Waals surface area contributed by atoms with Gasteiger partial charge in [-0.25, -0.2) is 0 Å². The number of nitrogens with two attached hydrogens (primary N) is 1. The zero-order valence-electron chi connectivity index (χ0n) is 11.8. The molecule has 3 N–H and O–H groups in total. The van der Waals surface area contributed by atoms with Crippen molar-refractivity contribution in [1.82, 2.24) is 4.90 Å². The number of aliphatic carboxylic acids is 1. The van der Waals surface area contributed by atoms with Crippen LogP contribution >= 0.6 is 0 Å². The molecule has 1 fully saturated rings. The van der Waals surface area contributed by atoms with Gasteiger partial charge in [0.2, 0.25) is 0 Å². The van der Waals surface area contributed by atoms with Gasteiger partial charge in [-0.1, -0.05) is 44.2 Å². The maximum Gasteiger partial charge on any atom is 0.323 e. The van der Waals surface area contributed by atoms with Gasteiger partial charge in [0.25, 0.3) is 0 Å². The van der Waals surface area contributed by atoms with E-state index in [9.17, 15) is 4.79 Å². The van der Waals surface area contributed by atoms with Crippen LogP contribution in [0.3, 0.4) is 0 Å². The van der Waals surface area contributed by atoms with E-state index in [0.29, 0.717) is 12.8 Å². The summed E-state index contributed by atoms with van der Waals surface area (Å²) in [5, 5.41) is 9.03. The van der Waals surface area contributed by atoms with Gasteiger partial charge in [0.15, 0.2) is 0 Å². The Hall–Kier alpha value is -1.39.